The van der Waals surface area contributed by atoms with E-state index in [4.69, 9.17) is 4.42 Å². The fourth-order valence-corrected chi connectivity index (χ4v) is 3.75. The molecule has 1 aromatic carbocycles. The lowest BCUT2D eigenvalue weighted by atomic mass is 9.97. The zero-order valence-electron chi connectivity index (χ0n) is 14.2. The van der Waals surface area contributed by atoms with E-state index in [1.54, 1.807) is 0 Å². The van der Waals surface area contributed by atoms with Crippen LogP contribution in [0.2, 0.25) is 0 Å². The van der Waals surface area contributed by atoms with Crippen LogP contribution in [0.25, 0.3) is 16.6 Å². The SMILES string of the molecule is O=C(c1cc2ccccc2o1)N1CCC[C@H](c2nnc3ccccn23)C1. The van der Waals surface area contributed by atoms with Crippen LogP contribution < -0.4 is 0 Å². The normalized spacial score (nSPS) is 17.8. The molecule has 0 radical (unpaired) electrons. The molecule has 0 saturated carbocycles. The van der Waals surface area contributed by atoms with E-state index in [-0.39, 0.29) is 11.8 Å². The minimum Gasteiger partial charge on any atom is -0.451 e. The molecule has 1 fully saturated rings. The van der Waals surface area contributed by atoms with E-state index in [0.29, 0.717) is 12.3 Å². The third kappa shape index (κ3) is 2.45. The Labute approximate surface area is 150 Å². The van der Waals surface area contributed by atoms with Crippen LogP contribution in [0.3, 0.4) is 0 Å². The van der Waals surface area contributed by atoms with Crippen LogP contribution in [0, 0.1) is 0 Å². The summed E-state index contributed by atoms with van der Waals surface area (Å²) in [6.45, 7) is 1.37. The molecule has 1 aliphatic rings. The van der Waals surface area contributed by atoms with E-state index < -0.39 is 0 Å². The lowest BCUT2D eigenvalue weighted by Crippen LogP contribution is -2.39. The molecule has 1 aliphatic heterocycles. The number of carbonyl (C=O) groups is 1. The first kappa shape index (κ1) is 15.1. The summed E-state index contributed by atoms with van der Waals surface area (Å²) in [5.41, 5.74) is 1.58. The van der Waals surface area contributed by atoms with E-state index >= 15 is 0 Å². The molecule has 6 heteroatoms. The van der Waals surface area contributed by atoms with E-state index in [0.717, 1.165) is 41.8 Å². The molecule has 1 saturated heterocycles. The highest BCUT2D eigenvalue weighted by Crippen LogP contribution is 2.28. The Kier molecular flexibility index (Phi) is 3.48. The van der Waals surface area contributed by atoms with Gasteiger partial charge in [-0.2, -0.15) is 0 Å². The minimum atomic E-state index is -0.0558. The lowest BCUT2D eigenvalue weighted by Gasteiger charge is -2.31. The molecule has 0 aliphatic carbocycles. The summed E-state index contributed by atoms with van der Waals surface area (Å²) in [4.78, 5) is 14.8. The lowest BCUT2D eigenvalue weighted by molar-refractivity contribution is 0.0674. The maximum absolute atomic E-state index is 12.9. The number of hydrogen-bond donors (Lipinski definition) is 0. The van der Waals surface area contributed by atoms with Gasteiger partial charge in [-0.05, 0) is 37.1 Å². The van der Waals surface area contributed by atoms with Crippen molar-refractivity contribution < 1.29 is 9.21 Å². The molecule has 1 atom stereocenters. The van der Waals surface area contributed by atoms with E-state index in [1.165, 1.54) is 0 Å². The highest BCUT2D eigenvalue weighted by Gasteiger charge is 2.29. The van der Waals surface area contributed by atoms with Gasteiger partial charge in [0.1, 0.15) is 11.4 Å². The number of piperidine rings is 1. The number of likely N-dealkylation sites (tertiary alicyclic amines) is 1. The first-order chi connectivity index (χ1) is 12.8. The van der Waals surface area contributed by atoms with Crippen molar-refractivity contribution in [1.82, 2.24) is 19.5 Å². The summed E-state index contributed by atoms with van der Waals surface area (Å²) in [5, 5.41) is 9.57. The average Bonchev–Trinajstić information content (AvgIpc) is 3.31. The summed E-state index contributed by atoms with van der Waals surface area (Å²) in [7, 11) is 0. The van der Waals surface area contributed by atoms with Gasteiger partial charge in [0.25, 0.3) is 5.91 Å². The van der Waals surface area contributed by atoms with Crippen molar-refractivity contribution >= 4 is 22.5 Å². The Hall–Kier alpha value is -3.15. The zero-order chi connectivity index (χ0) is 17.5. The van der Waals surface area contributed by atoms with Gasteiger partial charge < -0.3 is 9.32 Å². The van der Waals surface area contributed by atoms with Crippen molar-refractivity contribution in [3.8, 4) is 0 Å². The van der Waals surface area contributed by atoms with Gasteiger partial charge in [-0.15, -0.1) is 10.2 Å². The van der Waals surface area contributed by atoms with Crippen LogP contribution in [0.5, 0.6) is 0 Å². The monoisotopic (exact) mass is 346 g/mol. The summed E-state index contributed by atoms with van der Waals surface area (Å²) in [6, 6.07) is 15.4. The highest BCUT2D eigenvalue weighted by atomic mass is 16.3. The molecule has 0 N–H and O–H groups in total. The molecule has 4 aromatic rings. The molecule has 0 spiro atoms. The molecule has 26 heavy (non-hydrogen) atoms. The van der Waals surface area contributed by atoms with Gasteiger partial charge in [-0.3, -0.25) is 9.20 Å². The third-order valence-electron chi connectivity index (χ3n) is 5.05. The molecule has 6 nitrogen and oxygen atoms in total. The number of amides is 1. The standard InChI is InChI=1S/C20H18N4O2/c25-20(17-12-14-6-1-2-8-16(14)26-17)23-10-5-7-15(13-23)19-22-21-18-9-3-4-11-24(18)19/h1-4,6,8-9,11-12,15H,5,7,10,13H2/t15-/m0/s1. The molecule has 1 amide bonds. The van der Waals surface area contributed by atoms with Gasteiger partial charge in [-0.25, -0.2) is 0 Å². The van der Waals surface area contributed by atoms with Gasteiger partial charge in [0.05, 0.1) is 0 Å². The highest BCUT2D eigenvalue weighted by molar-refractivity contribution is 5.96. The Morgan fingerprint density at radius 1 is 1.12 bits per heavy atom. The Bertz CT molecular complexity index is 1060. The number of fused-ring (bicyclic) bond motifs is 2. The molecule has 0 bridgehead atoms. The van der Waals surface area contributed by atoms with Crippen molar-refractivity contribution in [3.63, 3.8) is 0 Å². The summed E-state index contributed by atoms with van der Waals surface area (Å²) in [5.74, 6) is 1.44. The first-order valence-electron chi connectivity index (χ1n) is 8.87. The number of aromatic nitrogens is 3. The van der Waals surface area contributed by atoms with Gasteiger partial charge in [0.2, 0.25) is 0 Å². The summed E-state index contributed by atoms with van der Waals surface area (Å²) < 4.78 is 7.77. The van der Waals surface area contributed by atoms with Crippen LogP contribution >= 0.6 is 0 Å². The van der Waals surface area contributed by atoms with Crippen molar-refractivity contribution in [3.05, 3.63) is 66.3 Å². The van der Waals surface area contributed by atoms with Crippen LogP contribution in [0.4, 0.5) is 0 Å². The Morgan fingerprint density at radius 3 is 2.92 bits per heavy atom. The van der Waals surface area contributed by atoms with Gasteiger partial charge in [0.15, 0.2) is 11.4 Å². The number of rotatable bonds is 2. The third-order valence-corrected chi connectivity index (χ3v) is 5.05. The fraction of sp³-hybridized carbons (Fsp3) is 0.250. The van der Waals surface area contributed by atoms with Gasteiger partial charge in [-0.1, -0.05) is 24.3 Å². The average molecular weight is 346 g/mol. The summed E-state index contributed by atoms with van der Waals surface area (Å²) >= 11 is 0. The Morgan fingerprint density at radius 2 is 2.00 bits per heavy atom. The Balaban J connectivity index is 1.42. The van der Waals surface area contributed by atoms with Crippen molar-refractivity contribution in [2.24, 2.45) is 0 Å². The second kappa shape index (κ2) is 5.98. The maximum Gasteiger partial charge on any atom is 0.289 e. The fourth-order valence-electron chi connectivity index (χ4n) is 3.75. The molecule has 3 aromatic heterocycles. The quantitative estimate of drug-likeness (QED) is 0.557. The van der Waals surface area contributed by atoms with E-state index in [1.807, 2.05) is 64.0 Å². The number of hydrogen-bond acceptors (Lipinski definition) is 4. The van der Waals surface area contributed by atoms with E-state index in [9.17, 15) is 4.79 Å². The molecular weight excluding hydrogens is 328 g/mol. The van der Waals surface area contributed by atoms with Gasteiger partial charge in [0, 0.05) is 30.6 Å². The smallest absolute Gasteiger partial charge is 0.289 e. The largest absolute Gasteiger partial charge is 0.451 e. The molecule has 4 heterocycles. The number of pyridine rings is 1. The number of para-hydroxylation sites is 1. The van der Waals surface area contributed by atoms with Crippen LogP contribution in [0.15, 0.2) is 59.1 Å². The minimum absolute atomic E-state index is 0.0558. The summed E-state index contributed by atoms with van der Waals surface area (Å²) in [6.07, 6.45) is 3.92. The maximum atomic E-state index is 12.9. The van der Waals surface area contributed by atoms with Crippen molar-refractivity contribution in [2.75, 3.05) is 13.1 Å². The molecule has 5 rings (SSSR count). The van der Waals surface area contributed by atoms with E-state index in [2.05, 4.69) is 10.2 Å². The second-order valence-corrected chi connectivity index (χ2v) is 6.73. The predicted molar refractivity (Wildman–Crippen MR) is 97.1 cm³/mol. The van der Waals surface area contributed by atoms with Crippen molar-refractivity contribution in [2.45, 2.75) is 18.8 Å². The number of benzene rings is 1. The molecular formula is C20H18N4O2. The van der Waals surface area contributed by atoms with Crippen LogP contribution in [-0.2, 0) is 0 Å². The number of carbonyl (C=O) groups excluding carboxylic acids is 1. The topological polar surface area (TPSA) is 63.6 Å². The molecule has 130 valence electrons. The molecule has 0 unspecified atom stereocenters. The number of furan rings is 1. The predicted octanol–water partition coefficient (Wildman–Crippen LogP) is 3.50. The van der Waals surface area contributed by atoms with Crippen LogP contribution in [0.1, 0.15) is 35.1 Å². The second-order valence-electron chi connectivity index (χ2n) is 6.73. The number of nitrogens with zero attached hydrogens (tertiary/aromatic N) is 4. The van der Waals surface area contributed by atoms with Gasteiger partial charge >= 0.3 is 0 Å². The first-order valence-corrected chi connectivity index (χ1v) is 8.87. The zero-order valence-corrected chi connectivity index (χ0v) is 14.2. The van der Waals surface area contributed by atoms with Crippen molar-refractivity contribution in [1.29, 1.82) is 0 Å². The van der Waals surface area contributed by atoms with Crippen LogP contribution in [-0.4, -0.2) is 38.5 Å².